The number of carbonyl (C=O) groups is 2. The summed E-state index contributed by atoms with van der Waals surface area (Å²) in [5.41, 5.74) is 1.79. The van der Waals surface area contributed by atoms with E-state index in [-0.39, 0.29) is 0 Å². The average Bonchev–Trinajstić information content (AvgIpc) is 2.82. The predicted octanol–water partition coefficient (Wildman–Crippen LogP) is 3.91. The number of rotatable bonds is 9. The molecule has 0 saturated heterocycles. The average molecular weight is 419 g/mol. The molecule has 0 aliphatic heterocycles. The van der Waals surface area contributed by atoms with E-state index in [1.807, 2.05) is 72.8 Å². The molecule has 160 valence electrons. The van der Waals surface area contributed by atoms with Gasteiger partial charge in [0.25, 0.3) is 5.91 Å². The van der Waals surface area contributed by atoms with Crippen LogP contribution in [0.3, 0.4) is 0 Å². The number of amides is 1. The Morgan fingerprint density at radius 3 is 2.00 bits per heavy atom. The van der Waals surface area contributed by atoms with Crippen LogP contribution < -0.4 is 14.8 Å². The molecule has 3 aromatic rings. The first-order valence-electron chi connectivity index (χ1n) is 9.93. The van der Waals surface area contributed by atoms with Crippen LogP contribution in [0.5, 0.6) is 11.5 Å². The Kier molecular flexibility index (Phi) is 7.65. The van der Waals surface area contributed by atoms with E-state index in [9.17, 15) is 9.59 Å². The molecular formula is C25H25NO5. The van der Waals surface area contributed by atoms with Gasteiger partial charge in [0.2, 0.25) is 0 Å². The van der Waals surface area contributed by atoms with E-state index in [0.717, 1.165) is 16.9 Å². The third-order valence-corrected chi connectivity index (χ3v) is 4.62. The van der Waals surface area contributed by atoms with Crippen molar-refractivity contribution in [2.75, 3.05) is 13.7 Å². The van der Waals surface area contributed by atoms with E-state index in [4.69, 9.17) is 14.2 Å². The molecule has 0 aliphatic carbocycles. The zero-order valence-corrected chi connectivity index (χ0v) is 17.5. The summed E-state index contributed by atoms with van der Waals surface area (Å²) in [6.45, 7) is 1.18. The van der Waals surface area contributed by atoms with Crippen molar-refractivity contribution in [3.63, 3.8) is 0 Å². The van der Waals surface area contributed by atoms with Crippen LogP contribution in [0.2, 0.25) is 0 Å². The molecule has 0 heterocycles. The van der Waals surface area contributed by atoms with Crippen molar-refractivity contribution >= 4 is 11.9 Å². The standard InChI is InChI=1S/C25H25NO5/c1-18(31-22-11-7-4-8-12-22)25(28)30-17-23(27)26-24(19-9-5-3-6-10-19)20-13-15-21(29-2)16-14-20/h3-16,18,24H,17H2,1-2H3,(H,26,27)/t18-,24+/m0/s1. The van der Waals surface area contributed by atoms with Gasteiger partial charge in [-0.3, -0.25) is 4.79 Å². The summed E-state index contributed by atoms with van der Waals surface area (Å²) in [6, 6.07) is 25.6. The van der Waals surface area contributed by atoms with E-state index >= 15 is 0 Å². The van der Waals surface area contributed by atoms with Gasteiger partial charge >= 0.3 is 5.97 Å². The highest BCUT2D eigenvalue weighted by molar-refractivity contribution is 5.82. The molecule has 1 amide bonds. The van der Waals surface area contributed by atoms with Crippen LogP contribution in [-0.4, -0.2) is 31.7 Å². The highest BCUT2D eigenvalue weighted by Gasteiger charge is 2.21. The van der Waals surface area contributed by atoms with Crippen molar-refractivity contribution in [1.29, 1.82) is 0 Å². The summed E-state index contributed by atoms with van der Waals surface area (Å²) in [5, 5.41) is 2.93. The molecule has 0 bridgehead atoms. The molecule has 3 aromatic carbocycles. The van der Waals surface area contributed by atoms with Crippen molar-refractivity contribution in [3.8, 4) is 11.5 Å². The first-order valence-corrected chi connectivity index (χ1v) is 9.93. The predicted molar refractivity (Wildman–Crippen MR) is 117 cm³/mol. The molecule has 0 saturated carbocycles. The summed E-state index contributed by atoms with van der Waals surface area (Å²) in [5.74, 6) is 0.257. The van der Waals surface area contributed by atoms with Gasteiger partial charge in [0, 0.05) is 0 Å². The lowest BCUT2D eigenvalue weighted by atomic mass is 9.98. The van der Waals surface area contributed by atoms with Crippen molar-refractivity contribution in [1.82, 2.24) is 5.32 Å². The highest BCUT2D eigenvalue weighted by Crippen LogP contribution is 2.24. The minimum absolute atomic E-state index is 0.392. The third kappa shape index (κ3) is 6.34. The van der Waals surface area contributed by atoms with Crippen LogP contribution in [0.1, 0.15) is 24.1 Å². The van der Waals surface area contributed by atoms with Crippen LogP contribution >= 0.6 is 0 Å². The molecule has 0 spiro atoms. The molecule has 31 heavy (non-hydrogen) atoms. The number of esters is 1. The maximum Gasteiger partial charge on any atom is 0.347 e. The Balaban J connectivity index is 1.61. The largest absolute Gasteiger partial charge is 0.497 e. The van der Waals surface area contributed by atoms with Gasteiger partial charge < -0.3 is 19.5 Å². The van der Waals surface area contributed by atoms with Crippen molar-refractivity contribution in [3.05, 3.63) is 96.1 Å². The second-order valence-corrected chi connectivity index (χ2v) is 6.87. The maximum absolute atomic E-state index is 12.6. The van der Waals surface area contributed by atoms with E-state index in [0.29, 0.717) is 5.75 Å². The Labute approximate surface area is 181 Å². The second kappa shape index (κ2) is 10.8. The fraction of sp³-hybridized carbons (Fsp3) is 0.200. The van der Waals surface area contributed by atoms with Crippen LogP contribution in [0, 0.1) is 0 Å². The Bertz CT molecular complexity index is 974. The molecule has 6 heteroatoms. The SMILES string of the molecule is COc1ccc([C@H](NC(=O)COC(=O)[C@H](C)Oc2ccccc2)c2ccccc2)cc1. The van der Waals surface area contributed by atoms with Gasteiger partial charge in [0.1, 0.15) is 11.5 Å². The molecule has 0 radical (unpaired) electrons. The topological polar surface area (TPSA) is 73.9 Å². The van der Waals surface area contributed by atoms with Gasteiger partial charge in [-0.25, -0.2) is 4.79 Å². The van der Waals surface area contributed by atoms with Crippen LogP contribution in [0.15, 0.2) is 84.9 Å². The number of benzene rings is 3. The lowest BCUT2D eigenvalue weighted by Gasteiger charge is -2.20. The summed E-state index contributed by atoms with van der Waals surface area (Å²) in [7, 11) is 1.60. The Morgan fingerprint density at radius 2 is 1.39 bits per heavy atom. The molecule has 3 rings (SSSR count). The Morgan fingerprint density at radius 1 is 0.806 bits per heavy atom. The molecule has 6 nitrogen and oxygen atoms in total. The zero-order chi connectivity index (χ0) is 22.1. The lowest BCUT2D eigenvalue weighted by molar-refractivity contribution is -0.154. The molecule has 1 N–H and O–H groups in total. The summed E-state index contributed by atoms with van der Waals surface area (Å²) < 4.78 is 15.9. The maximum atomic E-state index is 12.6. The first kappa shape index (κ1) is 21.9. The number of nitrogens with one attached hydrogen (secondary N) is 1. The molecule has 0 fully saturated rings. The van der Waals surface area contributed by atoms with Crippen molar-refractivity contribution in [2.24, 2.45) is 0 Å². The molecule has 2 atom stereocenters. The number of carbonyl (C=O) groups excluding carboxylic acids is 2. The summed E-state index contributed by atoms with van der Waals surface area (Å²) in [6.07, 6.45) is -0.832. The van der Waals surface area contributed by atoms with E-state index in [1.54, 1.807) is 26.2 Å². The zero-order valence-electron chi connectivity index (χ0n) is 17.5. The minimum Gasteiger partial charge on any atom is -0.497 e. The molecule has 0 aromatic heterocycles. The van der Waals surface area contributed by atoms with Crippen molar-refractivity contribution in [2.45, 2.75) is 19.1 Å². The van der Waals surface area contributed by atoms with E-state index in [2.05, 4.69) is 5.32 Å². The van der Waals surface area contributed by atoms with E-state index < -0.39 is 30.6 Å². The number of ether oxygens (including phenoxy) is 3. The summed E-state index contributed by atoms with van der Waals surface area (Å²) in [4.78, 5) is 24.8. The van der Waals surface area contributed by atoms with Gasteiger partial charge in [-0.2, -0.15) is 0 Å². The summed E-state index contributed by atoms with van der Waals surface area (Å²) >= 11 is 0. The Hall–Kier alpha value is -3.80. The van der Waals surface area contributed by atoms with Gasteiger partial charge in [0.05, 0.1) is 13.2 Å². The molecular weight excluding hydrogens is 394 g/mol. The number of hydrogen-bond donors (Lipinski definition) is 1. The van der Waals surface area contributed by atoms with Crippen LogP contribution in [-0.2, 0) is 14.3 Å². The number of para-hydroxylation sites is 1. The van der Waals surface area contributed by atoms with Crippen molar-refractivity contribution < 1.29 is 23.8 Å². The number of methoxy groups -OCH3 is 1. The minimum atomic E-state index is -0.832. The first-order chi connectivity index (χ1) is 15.1. The quantitative estimate of drug-likeness (QED) is 0.533. The van der Waals surface area contributed by atoms with Gasteiger partial charge in [-0.1, -0.05) is 60.7 Å². The van der Waals surface area contributed by atoms with Crippen LogP contribution in [0.4, 0.5) is 0 Å². The normalized spacial score (nSPS) is 12.3. The van der Waals surface area contributed by atoms with E-state index in [1.165, 1.54) is 0 Å². The highest BCUT2D eigenvalue weighted by atomic mass is 16.6. The fourth-order valence-corrected chi connectivity index (χ4v) is 3.01. The van der Waals surface area contributed by atoms with Crippen LogP contribution in [0.25, 0.3) is 0 Å². The van der Waals surface area contributed by atoms with Gasteiger partial charge in [-0.15, -0.1) is 0 Å². The second-order valence-electron chi connectivity index (χ2n) is 6.87. The smallest absolute Gasteiger partial charge is 0.347 e. The monoisotopic (exact) mass is 419 g/mol. The lowest BCUT2D eigenvalue weighted by Crippen LogP contribution is -2.35. The van der Waals surface area contributed by atoms with Gasteiger partial charge in [0.15, 0.2) is 12.7 Å². The molecule has 0 aliphatic rings. The van der Waals surface area contributed by atoms with Gasteiger partial charge in [-0.05, 0) is 42.3 Å². The molecule has 0 unspecified atom stereocenters. The number of hydrogen-bond acceptors (Lipinski definition) is 5. The third-order valence-electron chi connectivity index (χ3n) is 4.62. The fourth-order valence-electron chi connectivity index (χ4n) is 3.01.